The fraction of sp³-hybridized carbons (Fsp3) is 0.526. The third-order valence-electron chi connectivity index (χ3n) is 4.32. The fourth-order valence-corrected chi connectivity index (χ4v) is 3.01. The van der Waals surface area contributed by atoms with Gasteiger partial charge in [0.2, 0.25) is 11.8 Å². The number of likely N-dealkylation sites (tertiary alicyclic amines) is 1. The number of hydrogen-bond acceptors (Lipinski definition) is 4. The van der Waals surface area contributed by atoms with Crippen LogP contribution in [0.5, 0.6) is 0 Å². The van der Waals surface area contributed by atoms with Crippen LogP contribution in [0.15, 0.2) is 30.3 Å². The van der Waals surface area contributed by atoms with Crippen LogP contribution in [0.3, 0.4) is 0 Å². The Hall–Kier alpha value is -2.37. The summed E-state index contributed by atoms with van der Waals surface area (Å²) in [7, 11) is 0. The monoisotopic (exact) mass is 346 g/mol. The summed E-state index contributed by atoms with van der Waals surface area (Å²) in [6, 6.07) is 8.24. The lowest BCUT2D eigenvalue weighted by atomic mass is 10.0. The smallest absolute Gasteiger partial charge is 0.329 e. The topological polar surface area (TPSA) is 75.7 Å². The van der Waals surface area contributed by atoms with Crippen LogP contribution in [0.2, 0.25) is 0 Å². The molecule has 6 heteroatoms. The van der Waals surface area contributed by atoms with E-state index in [1.807, 2.05) is 44.2 Å². The number of hydrogen-bond donors (Lipinski definition) is 1. The molecule has 25 heavy (non-hydrogen) atoms. The average Bonchev–Trinajstić information content (AvgIpc) is 3.07. The van der Waals surface area contributed by atoms with Crippen LogP contribution in [0.4, 0.5) is 0 Å². The molecule has 1 aliphatic heterocycles. The van der Waals surface area contributed by atoms with Crippen LogP contribution in [-0.2, 0) is 25.7 Å². The Labute approximate surface area is 148 Å². The first-order valence-electron chi connectivity index (χ1n) is 8.68. The van der Waals surface area contributed by atoms with Crippen molar-refractivity contribution in [2.24, 2.45) is 5.92 Å². The molecule has 136 valence electrons. The zero-order chi connectivity index (χ0) is 18.4. The minimum Gasteiger partial charge on any atom is -0.459 e. The zero-order valence-electron chi connectivity index (χ0n) is 15.0. The van der Waals surface area contributed by atoms with Crippen molar-refractivity contribution in [3.05, 3.63) is 35.9 Å². The molecule has 1 N–H and O–H groups in total. The van der Waals surface area contributed by atoms with Gasteiger partial charge >= 0.3 is 5.97 Å². The molecule has 1 fully saturated rings. The number of nitrogens with zero attached hydrogens (tertiary/aromatic N) is 1. The van der Waals surface area contributed by atoms with E-state index in [1.165, 1.54) is 6.92 Å². The van der Waals surface area contributed by atoms with Gasteiger partial charge in [0.05, 0.1) is 0 Å². The Morgan fingerprint density at radius 3 is 2.52 bits per heavy atom. The minimum absolute atomic E-state index is 0.0574. The number of ether oxygens (including phenoxy) is 1. The average molecular weight is 346 g/mol. The standard InChI is InChI=1S/C19H26N2O4/c1-13(2)17(20-14(3)22)18(23)21-11-7-10-16(21)19(24)25-12-15-8-5-4-6-9-15/h4-6,8-9,13,16-17H,7,10-12H2,1-3H3,(H,20,22)/t16-,17+/m0/s1. The molecular weight excluding hydrogens is 320 g/mol. The van der Waals surface area contributed by atoms with Crippen molar-refractivity contribution < 1.29 is 19.1 Å². The number of carbonyl (C=O) groups is 3. The van der Waals surface area contributed by atoms with Gasteiger partial charge in [-0.3, -0.25) is 9.59 Å². The Morgan fingerprint density at radius 2 is 1.92 bits per heavy atom. The molecule has 2 atom stereocenters. The molecule has 0 radical (unpaired) electrons. The van der Waals surface area contributed by atoms with Gasteiger partial charge in [0.25, 0.3) is 0 Å². The SMILES string of the molecule is CC(=O)N[C@@H](C(=O)N1CCC[C@H]1C(=O)OCc1ccccc1)C(C)C. The lowest BCUT2D eigenvalue weighted by molar-refractivity contribution is -0.155. The number of nitrogens with one attached hydrogen (secondary N) is 1. The Kier molecular flexibility index (Phi) is 6.56. The molecule has 2 amide bonds. The van der Waals surface area contributed by atoms with Crippen molar-refractivity contribution in [1.82, 2.24) is 10.2 Å². The first-order chi connectivity index (χ1) is 11.9. The lowest BCUT2D eigenvalue weighted by Gasteiger charge is -2.29. The van der Waals surface area contributed by atoms with Crippen LogP contribution in [0, 0.1) is 5.92 Å². The van der Waals surface area contributed by atoms with Crippen molar-refractivity contribution in [2.45, 2.75) is 52.3 Å². The molecule has 0 unspecified atom stereocenters. The summed E-state index contributed by atoms with van der Waals surface area (Å²) in [5.41, 5.74) is 0.907. The second-order valence-corrected chi connectivity index (χ2v) is 6.71. The van der Waals surface area contributed by atoms with Crippen LogP contribution >= 0.6 is 0 Å². The molecule has 0 bridgehead atoms. The normalized spacial score (nSPS) is 18.1. The first-order valence-corrected chi connectivity index (χ1v) is 8.68. The maximum atomic E-state index is 12.8. The molecule has 1 saturated heterocycles. The lowest BCUT2D eigenvalue weighted by Crippen LogP contribution is -2.53. The molecule has 0 aromatic heterocycles. The summed E-state index contributed by atoms with van der Waals surface area (Å²) in [4.78, 5) is 38.2. The molecule has 0 aliphatic carbocycles. The maximum Gasteiger partial charge on any atom is 0.329 e. The summed E-state index contributed by atoms with van der Waals surface area (Å²) >= 11 is 0. The molecular formula is C19H26N2O4. The van der Waals surface area contributed by atoms with Gasteiger partial charge in [0.1, 0.15) is 18.7 Å². The number of amides is 2. The molecule has 2 rings (SSSR count). The number of esters is 1. The summed E-state index contributed by atoms with van der Waals surface area (Å²) in [5.74, 6) is -0.920. The van der Waals surface area contributed by atoms with Crippen molar-refractivity contribution in [2.75, 3.05) is 6.54 Å². The third-order valence-corrected chi connectivity index (χ3v) is 4.32. The molecule has 1 aliphatic rings. The van der Waals surface area contributed by atoms with Crippen molar-refractivity contribution >= 4 is 17.8 Å². The quantitative estimate of drug-likeness (QED) is 0.798. The number of rotatable bonds is 6. The predicted octanol–water partition coefficient (Wildman–Crippen LogP) is 1.88. The van der Waals surface area contributed by atoms with E-state index in [0.29, 0.717) is 13.0 Å². The van der Waals surface area contributed by atoms with Gasteiger partial charge in [0.15, 0.2) is 0 Å². The van der Waals surface area contributed by atoms with Gasteiger partial charge in [0, 0.05) is 13.5 Å². The van der Waals surface area contributed by atoms with E-state index in [0.717, 1.165) is 12.0 Å². The van der Waals surface area contributed by atoms with Gasteiger partial charge in [-0.15, -0.1) is 0 Å². The van der Waals surface area contributed by atoms with Gasteiger partial charge < -0.3 is 15.0 Å². The van der Waals surface area contributed by atoms with Crippen molar-refractivity contribution in [3.63, 3.8) is 0 Å². The minimum atomic E-state index is -0.625. The second-order valence-electron chi connectivity index (χ2n) is 6.71. The Morgan fingerprint density at radius 1 is 1.24 bits per heavy atom. The largest absolute Gasteiger partial charge is 0.459 e. The van der Waals surface area contributed by atoms with E-state index in [1.54, 1.807) is 4.90 Å². The summed E-state index contributed by atoms with van der Waals surface area (Å²) in [5, 5.41) is 2.69. The number of carbonyl (C=O) groups excluding carboxylic acids is 3. The van der Waals surface area contributed by atoms with Gasteiger partial charge in [-0.1, -0.05) is 44.2 Å². The van der Waals surface area contributed by atoms with Crippen LogP contribution < -0.4 is 5.32 Å². The summed E-state index contributed by atoms with van der Waals surface area (Å²) in [6.07, 6.45) is 1.34. The van der Waals surface area contributed by atoms with Crippen LogP contribution in [0.25, 0.3) is 0 Å². The Balaban J connectivity index is 2.01. The van der Waals surface area contributed by atoms with Gasteiger partial charge in [-0.05, 0) is 24.3 Å². The Bertz CT molecular complexity index is 615. The zero-order valence-corrected chi connectivity index (χ0v) is 15.0. The van der Waals surface area contributed by atoms with Crippen LogP contribution in [-0.4, -0.2) is 41.3 Å². The predicted molar refractivity (Wildman–Crippen MR) is 93.4 cm³/mol. The summed E-state index contributed by atoms with van der Waals surface area (Å²) < 4.78 is 5.39. The highest BCUT2D eigenvalue weighted by Gasteiger charge is 2.39. The second kappa shape index (κ2) is 8.65. The highest BCUT2D eigenvalue weighted by Crippen LogP contribution is 2.21. The molecule has 0 saturated carbocycles. The molecule has 1 aromatic carbocycles. The van der Waals surface area contributed by atoms with E-state index in [-0.39, 0.29) is 30.3 Å². The summed E-state index contributed by atoms with van der Waals surface area (Å²) in [6.45, 7) is 5.83. The van der Waals surface area contributed by atoms with E-state index in [4.69, 9.17) is 4.74 Å². The highest BCUT2D eigenvalue weighted by atomic mass is 16.5. The van der Waals surface area contributed by atoms with E-state index >= 15 is 0 Å². The molecule has 1 aromatic rings. The van der Waals surface area contributed by atoms with Crippen LogP contribution in [0.1, 0.15) is 39.2 Å². The maximum absolute atomic E-state index is 12.8. The van der Waals surface area contributed by atoms with Crippen molar-refractivity contribution in [1.29, 1.82) is 0 Å². The highest BCUT2D eigenvalue weighted by molar-refractivity contribution is 5.91. The third kappa shape index (κ3) is 5.05. The molecule has 1 heterocycles. The fourth-order valence-electron chi connectivity index (χ4n) is 3.01. The first kappa shape index (κ1) is 19.0. The van der Waals surface area contributed by atoms with Crippen molar-refractivity contribution in [3.8, 4) is 0 Å². The van der Waals surface area contributed by atoms with E-state index in [9.17, 15) is 14.4 Å². The van der Waals surface area contributed by atoms with E-state index in [2.05, 4.69) is 5.32 Å². The van der Waals surface area contributed by atoms with Gasteiger partial charge in [-0.2, -0.15) is 0 Å². The van der Waals surface area contributed by atoms with E-state index < -0.39 is 12.1 Å². The molecule has 6 nitrogen and oxygen atoms in total. The molecule has 0 spiro atoms. The van der Waals surface area contributed by atoms with Gasteiger partial charge in [-0.25, -0.2) is 4.79 Å². The number of benzene rings is 1.